The first-order chi connectivity index (χ1) is 17.9. The molecule has 4 aromatic carbocycles. The first-order valence-electron chi connectivity index (χ1n) is 11.9. The SMILES string of the molecule is COc1ccc2c(N(C(=O)Nc3ccc(C)cc3)c3ccc(C)cc3)nc(-c3ccccc3)c(I)c2c1. The molecule has 0 bridgehead atoms. The van der Waals surface area contributed by atoms with Gasteiger partial charge in [0.2, 0.25) is 0 Å². The number of benzene rings is 4. The van der Waals surface area contributed by atoms with Gasteiger partial charge in [-0.05, 0) is 78.9 Å². The molecule has 0 aliphatic rings. The highest BCUT2D eigenvalue weighted by Crippen LogP contribution is 2.39. The van der Waals surface area contributed by atoms with E-state index in [-0.39, 0.29) is 6.03 Å². The average Bonchev–Trinajstić information content (AvgIpc) is 2.92. The molecule has 0 atom stereocenters. The Morgan fingerprint density at radius 1 is 0.838 bits per heavy atom. The largest absolute Gasteiger partial charge is 0.497 e. The summed E-state index contributed by atoms with van der Waals surface area (Å²) in [5, 5.41) is 4.88. The Kier molecular flexibility index (Phi) is 7.10. The van der Waals surface area contributed by atoms with E-state index < -0.39 is 0 Å². The second-order valence-corrected chi connectivity index (χ2v) is 9.92. The van der Waals surface area contributed by atoms with E-state index in [4.69, 9.17) is 9.72 Å². The fourth-order valence-electron chi connectivity index (χ4n) is 4.17. The summed E-state index contributed by atoms with van der Waals surface area (Å²) in [6.45, 7) is 4.05. The molecule has 0 spiro atoms. The quantitative estimate of drug-likeness (QED) is 0.206. The zero-order valence-corrected chi connectivity index (χ0v) is 23.0. The molecule has 1 aromatic heterocycles. The van der Waals surface area contributed by atoms with Gasteiger partial charge >= 0.3 is 6.03 Å². The van der Waals surface area contributed by atoms with Crippen LogP contribution < -0.4 is 15.0 Å². The van der Waals surface area contributed by atoms with Crippen LogP contribution in [0.2, 0.25) is 0 Å². The Balaban J connectivity index is 1.75. The number of hydrogen-bond donors (Lipinski definition) is 1. The monoisotopic (exact) mass is 599 g/mol. The molecule has 5 aromatic rings. The minimum atomic E-state index is -0.294. The van der Waals surface area contributed by atoms with Crippen LogP contribution in [0, 0.1) is 17.4 Å². The molecule has 0 aliphatic carbocycles. The van der Waals surface area contributed by atoms with E-state index in [1.807, 2.05) is 111 Å². The van der Waals surface area contributed by atoms with Crippen molar-refractivity contribution in [3.8, 4) is 17.0 Å². The normalized spacial score (nSPS) is 10.8. The van der Waals surface area contributed by atoms with Crippen LogP contribution in [-0.4, -0.2) is 18.1 Å². The van der Waals surface area contributed by atoms with Crippen molar-refractivity contribution in [1.29, 1.82) is 0 Å². The predicted octanol–water partition coefficient (Wildman–Crippen LogP) is 8.50. The average molecular weight is 599 g/mol. The first kappa shape index (κ1) is 24.8. The molecule has 2 amide bonds. The van der Waals surface area contributed by atoms with E-state index in [2.05, 4.69) is 27.9 Å². The van der Waals surface area contributed by atoms with Gasteiger partial charge in [-0.25, -0.2) is 14.7 Å². The Morgan fingerprint density at radius 2 is 1.49 bits per heavy atom. The number of methoxy groups -OCH3 is 1. The van der Waals surface area contributed by atoms with Crippen LogP contribution in [0.1, 0.15) is 11.1 Å². The zero-order valence-electron chi connectivity index (χ0n) is 20.8. The van der Waals surface area contributed by atoms with Gasteiger partial charge in [-0.2, -0.15) is 0 Å². The number of aromatic nitrogens is 1. The van der Waals surface area contributed by atoms with Crippen molar-refractivity contribution < 1.29 is 9.53 Å². The summed E-state index contributed by atoms with van der Waals surface area (Å²) in [4.78, 5) is 20.7. The van der Waals surface area contributed by atoms with Crippen molar-refractivity contribution in [3.63, 3.8) is 0 Å². The van der Waals surface area contributed by atoms with E-state index in [0.29, 0.717) is 11.5 Å². The van der Waals surface area contributed by atoms with E-state index in [9.17, 15) is 4.79 Å². The lowest BCUT2D eigenvalue weighted by Crippen LogP contribution is -2.32. The molecule has 0 saturated carbocycles. The molecule has 0 saturated heterocycles. The van der Waals surface area contributed by atoms with Gasteiger partial charge in [-0.1, -0.05) is 65.7 Å². The maximum absolute atomic E-state index is 13.9. The lowest BCUT2D eigenvalue weighted by molar-refractivity contribution is 0.259. The molecule has 0 fully saturated rings. The Labute approximate surface area is 230 Å². The van der Waals surface area contributed by atoms with Crippen molar-refractivity contribution in [2.45, 2.75) is 13.8 Å². The second-order valence-electron chi connectivity index (χ2n) is 8.84. The third-order valence-electron chi connectivity index (χ3n) is 6.19. The summed E-state index contributed by atoms with van der Waals surface area (Å²) in [7, 11) is 1.65. The van der Waals surface area contributed by atoms with Crippen molar-refractivity contribution in [2.24, 2.45) is 0 Å². The summed E-state index contributed by atoms with van der Waals surface area (Å²) in [6.07, 6.45) is 0. The summed E-state index contributed by atoms with van der Waals surface area (Å²) >= 11 is 2.34. The minimum Gasteiger partial charge on any atom is -0.497 e. The van der Waals surface area contributed by atoms with Gasteiger partial charge in [0, 0.05) is 25.6 Å². The fourth-order valence-corrected chi connectivity index (χ4v) is 5.05. The molecule has 5 rings (SSSR count). The van der Waals surface area contributed by atoms with Crippen LogP contribution in [0.15, 0.2) is 97.1 Å². The Bertz CT molecular complexity index is 1570. The van der Waals surface area contributed by atoms with Gasteiger partial charge in [0.15, 0.2) is 0 Å². The minimum absolute atomic E-state index is 0.294. The number of urea groups is 1. The molecule has 1 N–H and O–H groups in total. The number of amides is 2. The molecule has 1 heterocycles. The smallest absolute Gasteiger partial charge is 0.332 e. The molecular weight excluding hydrogens is 573 g/mol. The van der Waals surface area contributed by atoms with Gasteiger partial charge in [0.1, 0.15) is 11.6 Å². The number of halogens is 1. The van der Waals surface area contributed by atoms with E-state index in [1.165, 1.54) is 0 Å². The third kappa shape index (κ3) is 5.15. The van der Waals surface area contributed by atoms with Crippen molar-refractivity contribution in [1.82, 2.24) is 4.98 Å². The summed E-state index contributed by atoms with van der Waals surface area (Å²) in [6, 6.07) is 31.2. The highest BCUT2D eigenvalue weighted by molar-refractivity contribution is 14.1. The zero-order chi connectivity index (χ0) is 25.9. The van der Waals surface area contributed by atoms with Crippen LogP contribution in [0.3, 0.4) is 0 Å². The van der Waals surface area contributed by atoms with Crippen LogP contribution >= 0.6 is 22.6 Å². The van der Waals surface area contributed by atoms with Crippen LogP contribution in [0.4, 0.5) is 22.0 Å². The van der Waals surface area contributed by atoms with E-state index >= 15 is 0 Å². The third-order valence-corrected chi connectivity index (χ3v) is 7.28. The highest BCUT2D eigenvalue weighted by atomic mass is 127. The number of hydrogen-bond acceptors (Lipinski definition) is 3. The fraction of sp³-hybridized carbons (Fsp3) is 0.0968. The molecule has 0 aliphatic heterocycles. The number of fused-ring (bicyclic) bond motifs is 1. The molecule has 5 nitrogen and oxygen atoms in total. The summed E-state index contributed by atoms with van der Waals surface area (Å²) < 4.78 is 6.53. The first-order valence-corrected chi connectivity index (χ1v) is 13.0. The highest BCUT2D eigenvalue weighted by Gasteiger charge is 2.25. The van der Waals surface area contributed by atoms with Gasteiger partial charge in [0.05, 0.1) is 18.5 Å². The number of carbonyl (C=O) groups is 1. The molecule has 6 heteroatoms. The van der Waals surface area contributed by atoms with Gasteiger partial charge in [0.25, 0.3) is 0 Å². The lowest BCUT2D eigenvalue weighted by atomic mass is 10.1. The maximum atomic E-state index is 13.9. The van der Waals surface area contributed by atoms with E-state index in [0.717, 1.165) is 48.2 Å². The lowest BCUT2D eigenvalue weighted by Gasteiger charge is -2.25. The second kappa shape index (κ2) is 10.6. The van der Waals surface area contributed by atoms with Crippen molar-refractivity contribution in [3.05, 3.63) is 112 Å². The molecule has 0 radical (unpaired) electrons. The van der Waals surface area contributed by atoms with Crippen LogP contribution in [0.25, 0.3) is 22.0 Å². The maximum Gasteiger partial charge on any atom is 0.332 e. The predicted molar refractivity (Wildman–Crippen MR) is 160 cm³/mol. The standard InChI is InChI=1S/C31H26IN3O2/c1-20-9-13-23(14-10-20)33-31(36)35(24-15-11-21(2)12-16-24)30-26-18-17-25(37-3)19-27(26)28(32)29(34-30)22-7-5-4-6-8-22/h4-19H,1-3H3,(H,33,36). The summed E-state index contributed by atoms with van der Waals surface area (Å²) in [5.74, 6) is 1.29. The molecule has 0 unspecified atom stereocenters. The Hall–Kier alpha value is -3.91. The van der Waals surface area contributed by atoms with Crippen molar-refractivity contribution in [2.75, 3.05) is 17.3 Å². The van der Waals surface area contributed by atoms with Crippen LogP contribution in [0.5, 0.6) is 5.75 Å². The van der Waals surface area contributed by atoms with E-state index in [1.54, 1.807) is 12.0 Å². The molecule has 37 heavy (non-hydrogen) atoms. The number of pyridine rings is 1. The topological polar surface area (TPSA) is 54.5 Å². The number of nitrogens with one attached hydrogen (secondary N) is 1. The number of aryl methyl sites for hydroxylation is 2. The van der Waals surface area contributed by atoms with Gasteiger partial charge < -0.3 is 10.1 Å². The number of carbonyl (C=O) groups excluding carboxylic acids is 1. The van der Waals surface area contributed by atoms with Gasteiger partial charge in [-0.3, -0.25) is 0 Å². The number of anilines is 3. The van der Waals surface area contributed by atoms with Crippen LogP contribution in [-0.2, 0) is 0 Å². The molecule has 184 valence electrons. The molecular formula is C31H26IN3O2. The number of ether oxygens (including phenoxy) is 1. The van der Waals surface area contributed by atoms with Gasteiger partial charge in [-0.15, -0.1) is 0 Å². The number of rotatable bonds is 5. The number of nitrogens with zero attached hydrogens (tertiary/aromatic N) is 2. The summed E-state index contributed by atoms with van der Waals surface area (Å²) in [5.41, 5.74) is 5.45. The Morgan fingerprint density at radius 3 is 2.14 bits per heavy atom. The van der Waals surface area contributed by atoms with Crippen molar-refractivity contribution >= 4 is 56.6 Å².